The number of aliphatic hydroxyl groups excluding tert-OH is 1. The minimum atomic E-state index is -0.968. The number of carbonyl (C=O) groups excluding carboxylic acids is 1. The highest BCUT2D eigenvalue weighted by atomic mass is 16.6. The third-order valence-electron chi connectivity index (χ3n) is 2.78. The fourth-order valence-corrected chi connectivity index (χ4v) is 1.94. The van der Waals surface area contributed by atoms with Gasteiger partial charge in [0.05, 0.1) is 12.5 Å². The van der Waals surface area contributed by atoms with E-state index in [0.29, 0.717) is 13.0 Å². The van der Waals surface area contributed by atoms with E-state index in [1.54, 1.807) is 20.8 Å². The summed E-state index contributed by atoms with van der Waals surface area (Å²) in [5, 5.41) is 18.5. The Morgan fingerprint density at radius 1 is 1.39 bits per heavy atom. The molecule has 1 aliphatic heterocycles. The van der Waals surface area contributed by atoms with Gasteiger partial charge in [-0.3, -0.25) is 4.79 Å². The van der Waals surface area contributed by atoms with E-state index in [1.165, 1.54) is 4.90 Å². The Kier molecular flexibility index (Phi) is 4.56. The summed E-state index contributed by atoms with van der Waals surface area (Å²) in [5.41, 5.74) is -0.574. The van der Waals surface area contributed by atoms with Crippen molar-refractivity contribution in [3.05, 3.63) is 0 Å². The predicted octanol–water partition coefficient (Wildman–Crippen LogP) is 1.08. The van der Waals surface area contributed by atoms with Crippen molar-refractivity contribution >= 4 is 12.1 Å². The van der Waals surface area contributed by atoms with Crippen LogP contribution >= 0.6 is 0 Å². The highest BCUT2D eigenvalue weighted by Crippen LogP contribution is 2.22. The maximum atomic E-state index is 11.8. The average Bonchev–Trinajstić information content (AvgIpc) is 2.17. The Morgan fingerprint density at radius 2 is 2.00 bits per heavy atom. The second-order valence-electron chi connectivity index (χ2n) is 5.64. The molecule has 6 nitrogen and oxygen atoms in total. The summed E-state index contributed by atoms with van der Waals surface area (Å²) in [6, 6.07) is 0. The van der Waals surface area contributed by atoms with Crippen molar-refractivity contribution in [2.45, 2.75) is 45.3 Å². The number of aliphatic carboxylic acids is 1. The molecule has 0 spiro atoms. The average molecular weight is 259 g/mol. The molecule has 1 amide bonds. The van der Waals surface area contributed by atoms with E-state index in [1.807, 2.05) is 0 Å². The van der Waals surface area contributed by atoms with E-state index in [-0.39, 0.29) is 13.0 Å². The third-order valence-corrected chi connectivity index (χ3v) is 2.78. The Bertz CT molecular complexity index is 323. The van der Waals surface area contributed by atoms with Crippen LogP contribution in [0.3, 0.4) is 0 Å². The van der Waals surface area contributed by atoms with Crippen LogP contribution in [0.5, 0.6) is 0 Å². The number of likely N-dealkylation sites (tertiary alicyclic amines) is 1. The number of aliphatic hydroxyl groups is 1. The molecular formula is C12H21NO5. The van der Waals surface area contributed by atoms with E-state index in [9.17, 15) is 14.7 Å². The summed E-state index contributed by atoms with van der Waals surface area (Å²) in [6.45, 7) is 5.95. The second-order valence-corrected chi connectivity index (χ2v) is 5.64. The lowest BCUT2D eigenvalue weighted by Crippen LogP contribution is -2.48. The molecule has 0 radical (unpaired) electrons. The van der Waals surface area contributed by atoms with Gasteiger partial charge in [0.15, 0.2) is 0 Å². The maximum Gasteiger partial charge on any atom is 0.410 e. The first kappa shape index (κ1) is 14.8. The van der Waals surface area contributed by atoms with Crippen LogP contribution < -0.4 is 0 Å². The standard InChI is InChI=1S/C12H21NO5/c1-12(2,3)18-11(17)13-5-4-9(14)8(7-13)6-10(15)16/h8-9,14H,4-7H2,1-3H3,(H,15,16)/t8-,9+/m0/s1. The molecule has 0 aromatic rings. The van der Waals surface area contributed by atoms with Gasteiger partial charge in [-0.15, -0.1) is 0 Å². The lowest BCUT2D eigenvalue weighted by atomic mass is 9.92. The number of nitrogens with zero attached hydrogens (tertiary/aromatic N) is 1. The molecule has 6 heteroatoms. The summed E-state index contributed by atoms with van der Waals surface area (Å²) < 4.78 is 5.22. The predicted molar refractivity (Wildman–Crippen MR) is 64.2 cm³/mol. The van der Waals surface area contributed by atoms with Gasteiger partial charge in [-0.2, -0.15) is 0 Å². The number of ether oxygens (including phenoxy) is 1. The Morgan fingerprint density at radius 3 is 2.50 bits per heavy atom. The quantitative estimate of drug-likeness (QED) is 0.774. The normalized spacial score (nSPS) is 24.8. The molecule has 104 valence electrons. The third kappa shape index (κ3) is 4.52. The van der Waals surface area contributed by atoms with Gasteiger partial charge in [0, 0.05) is 19.0 Å². The largest absolute Gasteiger partial charge is 0.481 e. The molecule has 0 aromatic heterocycles. The van der Waals surface area contributed by atoms with E-state index in [0.717, 1.165) is 0 Å². The van der Waals surface area contributed by atoms with E-state index in [4.69, 9.17) is 9.84 Å². The number of carboxylic acids is 1. The molecule has 1 heterocycles. The zero-order valence-electron chi connectivity index (χ0n) is 11.0. The van der Waals surface area contributed by atoms with Gasteiger partial charge in [0.2, 0.25) is 0 Å². The second kappa shape index (κ2) is 5.56. The molecule has 0 unspecified atom stereocenters. The molecule has 0 bridgehead atoms. The Labute approximate surface area is 107 Å². The SMILES string of the molecule is CC(C)(C)OC(=O)N1CC[C@@H](O)[C@@H](CC(=O)O)C1. The van der Waals surface area contributed by atoms with Gasteiger partial charge in [-0.05, 0) is 27.2 Å². The molecule has 0 saturated carbocycles. The summed E-state index contributed by atoms with van der Waals surface area (Å²) in [4.78, 5) is 24.0. The fraction of sp³-hybridized carbons (Fsp3) is 0.833. The molecular weight excluding hydrogens is 238 g/mol. The smallest absolute Gasteiger partial charge is 0.410 e. The van der Waals surface area contributed by atoms with Crippen molar-refractivity contribution in [3.8, 4) is 0 Å². The number of hydrogen-bond acceptors (Lipinski definition) is 4. The van der Waals surface area contributed by atoms with Crippen LogP contribution in [-0.4, -0.2) is 52.0 Å². The molecule has 1 aliphatic rings. The van der Waals surface area contributed by atoms with Crippen LogP contribution in [0.15, 0.2) is 0 Å². The Balaban J connectivity index is 2.58. The molecule has 2 N–H and O–H groups in total. The van der Waals surface area contributed by atoms with Crippen molar-refractivity contribution < 1.29 is 24.5 Å². The molecule has 2 atom stereocenters. The van der Waals surface area contributed by atoms with E-state index in [2.05, 4.69) is 0 Å². The molecule has 1 fully saturated rings. The number of piperidine rings is 1. The molecule has 0 aliphatic carbocycles. The number of amides is 1. The lowest BCUT2D eigenvalue weighted by molar-refractivity contribution is -0.140. The van der Waals surface area contributed by atoms with Crippen LogP contribution in [0, 0.1) is 5.92 Å². The van der Waals surface area contributed by atoms with Crippen LogP contribution in [0.2, 0.25) is 0 Å². The van der Waals surface area contributed by atoms with Gasteiger partial charge in [0.1, 0.15) is 5.60 Å². The zero-order valence-corrected chi connectivity index (χ0v) is 11.0. The van der Waals surface area contributed by atoms with Gasteiger partial charge >= 0.3 is 12.1 Å². The van der Waals surface area contributed by atoms with Crippen LogP contribution in [-0.2, 0) is 9.53 Å². The lowest BCUT2D eigenvalue weighted by Gasteiger charge is -2.36. The highest BCUT2D eigenvalue weighted by molar-refractivity contribution is 5.69. The monoisotopic (exact) mass is 259 g/mol. The van der Waals surface area contributed by atoms with Gasteiger partial charge in [-0.1, -0.05) is 0 Å². The molecule has 0 aromatic carbocycles. The molecule has 18 heavy (non-hydrogen) atoms. The topological polar surface area (TPSA) is 87.1 Å². The number of carbonyl (C=O) groups is 2. The Hall–Kier alpha value is -1.30. The van der Waals surface area contributed by atoms with Crippen LogP contribution in [0.1, 0.15) is 33.6 Å². The van der Waals surface area contributed by atoms with E-state index < -0.39 is 29.7 Å². The number of rotatable bonds is 2. The van der Waals surface area contributed by atoms with Gasteiger partial charge < -0.3 is 19.8 Å². The zero-order chi connectivity index (χ0) is 13.9. The van der Waals surface area contributed by atoms with Crippen molar-refractivity contribution in [1.29, 1.82) is 0 Å². The van der Waals surface area contributed by atoms with Crippen LogP contribution in [0.4, 0.5) is 4.79 Å². The first-order valence-corrected chi connectivity index (χ1v) is 6.07. The minimum Gasteiger partial charge on any atom is -0.481 e. The fourth-order valence-electron chi connectivity index (χ4n) is 1.94. The molecule has 1 saturated heterocycles. The summed E-state index contributed by atoms with van der Waals surface area (Å²) in [7, 11) is 0. The first-order chi connectivity index (χ1) is 8.19. The summed E-state index contributed by atoms with van der Waals surface area (Å²) in [5.74, 6) is -1.39. The number of hydrogen-bond donors (Lipinski definition) is 2. The summed E-state index contributed by atoms with van der Waals surface area (Å²) >= 11 is 0. The van der Waals surface area contributed by atoms with Crippen molar-refractivity contribution in [2.24, 2.45) is 5.92 Å². The van der Waals surface area contributed by atoms with Crippen molar-refractivity contribution in [2.75, 3.05) is 13.1 Å². The molecule has 1 rings (SSSR count). The van der Waals surface area contributed by atoms with Gasteiger partial charge in [0.25, 0.3) is 0 Å². The summed E-state index contributed by atoms with van der Waals surface area (Å²) in [6.07, 6.45) is -0.873. The van der Waals surface area contributed by atoms with E-state index >= 15 is 0 Å². The van der Waals surface area contributed by atoms with Crippen LogP contribution in [0.25, 0.3) is 0 Å². The maximum absolute atomic E-state index is 11.8. The van der Waals surface area contributed by atoms with Crippen molar-refractivity contribution in [1.82, 2.24) is 4.90 Å². The first-order valence-electron chi connectivity index (χ1n) is 6.07. The van der Waals surface area contributed by atoms with Gasteiger partial charge in [-0.25, -0.2) is 4.79 Å². The highest BCUT2D eigenvalue weighted by Gasteiger charge is 2.33. The minimum absolute atomic E-state index is 0.138. The van der Waals surface area contributed by atoms with Crippen molar-refractivity contribution in [3.63, 3.8) is 0 Å². The number of carboxylic acid groups (broad SMARTS) is 1.